The number of nitrogens with zero attached hydrogens (tertiary/aromatic N) is 2. The van der Waals surface area contributed by atoms with Crippen LogP contribution in [0.4, 0.5) is 4.39 Å². The van der Waals surface area contributed by atoms with Crippen molar-refractivity contribution in [3.63, 3.8) is 0 Å². The Bertz CT molecular complexity index is 737. The molecular weight excluding hydrogens is 337 g/mol. The number of aliphatic hydroxyl groups is 1. The Morgan fingerprint density at radius 1 is 1.39 bits per heavy atom. The van der Waals surface area contributed by atoms with Gasteiger partial charge in [0.2, 0.25) is 4.77 Å². The Kier molecular flexibility index (Phi) is 5.28. The molecule has 1 unspecified atom stereocenters. The number of aromatic amines is 1. The van der Waals surface area contributed by atoms with Crippen LogP contribution in [-0.4, -0.2) is 25.5 Å². The molecule has 2 rings (SSSR count). The van der Waals surface area contributed by atoms with Crippen molar-refractivity contribution in [2.45, 2.75) is 45.8 Å². The van der Waals surface area contributed by atoms with Crippen molar-refractivity contribution in [2.75, 3.05) is 0 Å². The molecule has 0 spiro atoms. The van der Waals surface area contributed by atoms with Crippen molar-refractivity contribution in [1.29, 1.82) is 0 Å². The SMILES string of the molecule is CC(C)(C)C(O)(CCc1cc(F)ccc1Cl)Cn1[nH]cnc1=S. The Morgan fingerprint density at radius 2 is 2.09 bits per heavy atom. The van der Waals surface area contributed by atoms with E-state index in [0.29, 0.717) is 28.2 Å². The molecule has 0 amide bonds. The van der Waals surface area contributed by atoms with Gasteiger partial charge in [0.25, 0.3) is 0 Å². The van der Waals surface area contributed by atoms with Crippen LogP contribution >= 0.6 is 23.8 Å². The third-order valence-electron chi connectivity index (χ3n) is 4.25. The molecule has 2 aromatic rings. The zero-order valence-corrected chi connectivity index (χ0v) is 15.0. The third kappa shape index (κ3) is 4.19. The summed E-state index contributed by atoms with van der Waals surface area (Å²) in [5, 5.41) is 14.6. The van der Waals surface area contributed by atoms with Crippen LogP contribution in [-0.2, 0) is 13.0 Å². The van der Waals surface area contributed by atoms with Crippen LogP contribution in [0, 0.1) is 16.0 Å². The molecule has 0 radical (unpaired) electrons. The predicted molar refractivity (Wildman–Crippen MR) is 91.5 cm³/mol. The molecular formula is C16H21ClFN3OS. The summed E-state index contributed by atoms with van der Waals surface area (Å²) in [4.78, 5) is 3.97. The average molecular weight is 358 g/mol. The van der Waals surface area contributed by atoms with Gasteiger partial charge in [-0.1, -0.05) is 32.4 Å². The predicted octanol–water partition coefficient (Wildman–Crippen LogP) is 4.14. The number of hydrogen-bond donors (Lipinski definition) is 2. The quantitative estimate of drug-likeness (QED) is 0.790. The van der Waals surface area contributed by atoms with Gasteiger partial charge in [-0.2, -0.15) is 0 Å². The zero-order chi connectivity index (χ0) is 17.3. The van der Waals surface area contributed by atoms with E-state index in [9.17, 15) is 9.50 Å². The minimum Gasteiger partial charge on any atom is -0.387 e. The molecule has 4 nitrogen and oxygen atoms in total. The number of H-pyrrole nitrogens is 1. The van der Waals surface area contributed by atoms with Crippen molar-refractivity contribution < 1.29 is 9.50 Å². The number of rotatable bonds is 5. The molecule has 126 valence electrons. The Labute approximate surface area is 145 Å². The first-order valence-electron chi connectivity index (χ1n) is 7.39. The van der Waals surface area contributed by atoms with Crippen LogP contribution in [0.15, 0.2) is 24.5 Å². The number of aromatic nitrogens is 3. The zero-order valence-electron chi connectivity index (χ0n) is 13.4. The summed E-state index contributed by atoms with van der Waals surface area (Å²) in [5.74, 6) is -0.334. The summed E-state index contributed by atoms with van der Waals surface area (Å²) in [7, 11) is 0. The molecule has 0 aliphatic carbocycles. The minimum absolute atomic E-state index is 0.280. The molecule has 1 atom stereocenters. The fourth-order valence-corrected chi connectivity index (χ4v) is 2.80. The smallest absolute Gasteiger partial charge is 0.215 e. The highest BCUT2D eigenvalue weighted by Crippen LogP contribution is 2.36. The van der Waals surface area contributed by atoms with Crippen molar-refractivity contribution in [3.8, 4) is 0 Å². The number of halogens is 2. The lowest BCUT2D eigenvalue weighted by atomic mass is 9.73. The summed E-state index contributed by atoms with van der Waals surface area (Å²) in [5.41, 5.74) is -0.789. The van der Waals surface area contributed by atoms with Gasteiger partial charge in [-0.05, 0) is 54.2 Å². The van der Waals surface area contributed by atoms with Gasteiger partial charge >= 0.3 is 0 Å². The van der Waals surface area contributed by atoms with E-state index in [-0.39, 0.29) is 12.4 Å². The normalized spacial score (nSPS) is 14.7. The fraction of sp³-hybridized carbons (Fsp3) is 0.500. The van der Waals surface area contributed by atoms with E-state index >= 15 is 0 Å². The Morgan fingerprint density at radius 3 is 2.65 bits per heavy atom. The van der Waals surface area contributed by atoms with E-state index in [1.165, 1.54) is 24.5 Å². The maximum Gasteiger partial charge on any atom is 0.215 e. The topological polar surface area (TPSA) is 53.8 Å². The van der Waals surface area contributed by atoms with Gasteiger partial charge in [-0.25, -0.2) is 9.37 Å². The van der Waals surface area contributed by atoms with E-state index in [1.807, 2.05) is 20.8 Å². The van der Waals surface area contributed by atoms with Crippen LogP contribution < -0.4 is 0 Å². The standard InChI is InChI=1S/C16H21ClFN3OS/c1-15(2,3)16(22,9-21-14(23)19-10-20-21)7-6-11-8-12(18)4-5-13(11)17/h4-5,8,10,22H,6-7,9H2,1-3H3,(H,19,20,23). The van der Waals surface area contributed by atoms with Gasteiger partial charge in [0.15, 0.2) is 0 Å². The molecule has 7 heteroatoms. The van der Waals surface area contributed by atoms with Gasteiger partial charge in [0.1, 0.15) is 12.1 Å². The summed E-state index contributed by atoms with van der Waals surface area (Å²) in [6, 6.07) is 4.27. The van der Waals surface area contributed by atoms with Crippen molar-refractivity contribution >= 4 is 23.8 Å². The second-order valence-electron chi connectivity index (χ2n) is 6.77. The van der Waals surface area contributed by atoms with E-state index < -0.39 is 11.0 Å². The molecule has 1 aromatic carbocycles. The molecule has 0 aliphatic heterocycles. The minimum atomic E-state index is -1.06. The summed E-state index contributed by atoms with van der Waals surface area (Å²) >= 11 is 11.3. The monoisotopic (exact) mass is 357 g/mol. The highest BCUT2D eigenvalue weighted by atomic mass is 35.5. The Balaban J connectivity index is 2.24. The van der Waals surface area contributed by atoms with Crippen molar-refractivity contribution in [2.24, 2.45) is 5.41 Å². The number of benzene rings is 1. The number of hydrogen-bond acceptors (Lipinski definition) is 3. The fourth-order valence-electron chi connectivity index (χ4n) is 2.42. The Hall–Kier alpha value is -1.24. The van der Waals surface area contributed by atoms with E-state index in [1.54, 1.807) is 4.68 Å². The molecule has 0 saturated carbocycles. The van der Waals surface area contributed by atoms with Gasteiger partial charge in [0, 0.05) is 5.02 Å². The van der Waals surface area contributed by atoms with Crippen LogP contribution in [0.5, 0.6) is 0 Å². The first-order chi connectivity index (χ1) is 10.6. The van der Waals surface area contributed by atoms with Crippen LogP contribution in [0.2, 0.25) is 5.02 Å². The average Bonchev–Trinajstić information content (AvgIpc) is 2.84. The van der Waals surface area contributed by atoms with Gasteiger partial charge in [-0.15, -0.1) is 0 Å². The highest BCUT2D eigenvalue weighted by Gasteiger charge is 2.40. The molecule has 1 heterocycles. The lowest BCUT2D eigenvalue weighted by molar-refractivity contribution is -0.0798. The number of aryl methyl sites for hydroxylation is 1. The molecule has 0 saturated heterocycles. The molecule has 0 fully saturated rings. The lowest BCUT2D eigenvalue weighted by Crippen LogP contribution is -2.47. The largest absolute Gasteiger partial charge is 0.387 e. The molecule has 0 bridgehead atoms. The summed E-state index contributed by atoms with van der Waals surface area (Å²) < 4.78 is 15.4. The van der Waals surface area contributed by atoms with Crippen LogP contribution in [0.25, 0.3) is 0 Å². The molecule has 0 aliphatic rings. The summed E-state index contributed by atoms with van der Waals surface area (Å²) in [6.45, 7) is 6.16. The van der Waals surface area contributed by atoms with Crippen molar-refractivity contribution in [1.82, 2.24) is 14.8 Å². The maximum atomic E-state index is 13.4. The van der Waals surface area contributed by atoms with E-state index in [2.05, 4.69) is 10.1 Å². The lowest BCUT2D eigenvalue weighted by Gasteiger charge is -2.40. The second-order valence-corrected chi connectivity index (χ2v) is 7.55. The van der Waals surface area contributed by atoms with Crippen molar-refractivity contribution in [3.05, 3.63) is 45.7 Å². The maximum absolute atomic E-state index is 13.4. The first kappa shape index (κ1) is 18.1. The van der Waals surface area contributed by atoms with Crippen LogP contribution in [0.1, 0.15) is 32.8 Å². The summed E-state index contributed by atoms with van der Waals surface area (Å²) in [6.07, 6.45) is 2.38. The first-order valence-corrected chi connectivity index (χ1v) is 8.17. The van der Waals surface area contributed by atoms with Gasteiger partial charge in [0.05, 0.1) is 12.1 Å². The van der Waals surface area contributed by atoms with Gasteiger partial charge < -0.3 is 5.11 Å². The molecule has 2 N–H and O–H groups in total. The second kappa shape index (κ2) is 6.71. The third-order valence-corrected chi connectivity index (χ3v) is 4.95. The highest BCUT2D eigenvalue weighted by molar-refractivity contribution is 7.71. The molecule has 1 aromatic heterocycles. The van der Waals surface area contributed by atoms with E-state index in [4.69, 9.17) is 23.8 Å². The number of nitrogens with one attached hydrogen (secondary N) is 1. The molecule has 23 heavy (non-hydrogen) atoms. The van der Waals surface area contributed by atoms with E-state index in [0.717, 1.165) is 0 Å². The van der Waals surface area contributed by atoms with Crippen LogP contribution in [0.3, 0.4) is 0 Å². The van der Waals surface area contributed by atoms with Gasteiger partial charge in [-0.3, -0.25) is 9.78 Å².